The van der Waals surface area contributed by atoms with Crippen molar-refractivity contribution >= 4 is 11.9 Å². The van der Waals surface area contributed by atoms with E-state index in [0.29, 0.717) is 12.8 Å². The van der Waals surface area contributed by atoms with E-state index in [2.05, 4.69) is 148 Å². The molecule has 1 unspecified atom stereocenters. The third-order valence-electron chi connectivity index (χ3n) is 10.9. The standard InChI is InChI=1S/C61H98O5/c1-3-5-7-9-11-13-15-17-19-21-23-25-27-28-29-30-31-32-34-36-38-40-42-44-46-48-50-52-54-56-61(64)66-59(57-62)58-65-60(63)55-53-51-49-47-45-43-41-39-37-35-33-26-24-22-20-18-16-14-12-10-8-6-4-2/h5-8,11-14,17-20,23-26,28-29,31-32,36,38,59,62H,3-4,9-10,15-16,21-22,27,30,33-35,37,39-58H2,1-2H3/b7-5-,8-6-,13-11-,14-12-,19-17-,20-18-,25-23-,26-24-,29-28-,32-31-,38-36-. The van der Waals surface area contributed by atoms with Crippen molar-refractivity contribution < 1.29 is 24.2 Å². The van der Waals surface area contributed by atoms with Crippen LogP contribution in [-0.2, 0) is 19.1 Å². The Balaban J connectivity index is 3.60. The molecule has 1 atom stereocenters. The summed E-state index contributed by atoms with van der Waals surface area (Å²) < 4.78 is 10.7. The van der Waals surface area contributed by atoms with E-state index < -0.39 is 6.10 Å². The minimum Gasteiger partial charge on any atom is -0.462 e. The van der Waals surface area contributed by atoms with Crippen LogP contribution in [0.2, 0.25) is 0 Å². The number of aliphatic hydroxyl groups excluding tert-OH is 1. The molecule has 0 aliphatic rings. The van der Waals surface area contributed by atoms with Gasteiger partial charge in [0.2, 0.25) is 0 Å². The summed E-state index contributed by atoms with van der Waals surface area (Å²) in [4.78, 5) is 24.5. The fourth-order valence-electron chi connectivity index (χ4n) is 7.00. The predicted octanol–water partition coefficient (Wildman–Crippen LogP) is 18.1. The predicted molar refractivity (Wildman–Crippen MR) is 288 cm³/mol. The number of carbonyl (C=O) groups is 2. The number of unbranched alkanes of at least 4 members (excludes halogenated alkanes) is 17. The zero-order valence-corrected chi connectivity index (χ0v) is 42.4. The van der Waals surface area contributed by atoms with Gasteiger partial charge in [-0.3, -0.25) is 9.59 Å². The fraction of sp³-hybridized carbons (Fsp3) is 0.607. The highest BCUT2D eigenvalue weighted by Gasteiger charge is 2.16. The van der Waals surface area contributed by atoms with Crippen molar-refractivity contribution in [3.8, 4) is 0 Å². The van der Waals surface area contributed by atoms with Crippen LogP contribution in [0, 0.1) is 0 Å². The summed E-state index contributed by atoms with van der Waals surface area (Å²) in [5, 5.41) is 9.64. The Bertz CT molecular complexity index is 1400. The minimum absolute atomic E-state index is 0.0811. The lowest BCUT2D eigenvalue weighted by atomic mass is 10.1. The largest absolute Gasteiger partial charge is 0.462 e. The van der Waals surface area contributed by atoms with Crippen LogP contribution in [0.3, 0.4) is 0 Å². The molecule has 0 saturated heterocycles. The van der Waals surface area contributed by atoms with Gasteiger partial charge < -0.3 is 14.6 Å². The molecule has 0 amide bonds. The minimum atomic E-state index is -0.791. The van der Waals surface area contributed by atoms with E-state index in [1.807, 2.05) is 0 Å². The van der Waals surface area contributed by atoms with Crippen LogP contribution in [-0.4, -0.2) is 36.4 Å². The van der Waals surface area contributed by atoms with Crippen LogP contribution in [0.1, 0.15) is 219 Å². The monoisotopic (exact) mass is 911 g/mol. The molecule has 0 fully saturated rings. The highest BCUT2D eigenvalue weighted by molar-refractivity contribution is 5.70. The van der Waals surface area contributed by atoms with E-state index in [1.165, 1.54) is 77.0 Å². The maximum atomic E-state index is 12.3. The molecule has 0 aromatic carbocycles. The molecule has 372 valence electrons. The first-order valence-electron chi connectivity index (χ1n) is 26.7. The van der Waals surface area contributed by atoms with Gasteiger partial charge in [-0.1, -0.05) is 231 Å². The Hall–Kier alpha value is -3.96. The van der Waals surface area contributed by atoms with E-state index in [1.54, 1.807) is 0 Å². The zero-order chi connectivity index (χ0) is 47.7. The molecule has 0 aliphatic carbocycles. The van der Waals surface area contributed by atoms with Gasteiger partial charge in [0.25, 0.3) is 0 Å². The molecule has 1 N–H and O–H groups in total. The Morgan fingerprint density at radius 1 is 0.348 bits per heavy atom. The first kappa shape index (κ1) is 62.0. The highest BCUT2D eigenvalue weighted by Crippen LogP contribution is 2.14. The highest BCUT2D eigenvalue weighted by atomic mass is 16.6. The molecule has 0 rings (SSSR count). The van der Waals surface area contributed by atoms with E-state index >= 15 is 0 Å². The maximum absolute atomic E-state index is 12.3. The summed E-state index contributed by atoms with van der Waals surface area (Å²) in [5.41, 5.74) is 0. The molecule has 0 bridgehead atoms. The van der Waals surface area contributed by atoms with Crippen LogP contribution < -0.4 is 0 Å². The smallest absolute Gasteiger partial charge is 0.306 e. The summed E-state index contributed by atoms with van der Waals surface area (Å²) in [6.07, 6.45) is 82.6. The van der Waals surface area contributed by atoms with Crippen LogP contribution in [0.15, 0.2) is 134 Å². The molecule has 0 saturated carbocycles. The van der Waals surface area contributed by atoms with Gasteiger partial charge in [0.05, 0.1) is 6.61 Å². The lowest BCUT2D eigenvalue weighted by Crippen LogP contribution is -2.28. The fourth-order valence-corrected chi connectivity index (χ4v) is 7.00. The molecule has 0 heterocycles. The summed E-state index contributed by atoms with van der Waals surface area (Å²) in [7, 11) is 0. The second kappa shape index (κ2) is 55.4. The first-order chi connectivity index (χ1) is 32.6. The number of ether oxygens (including phenoxy) is 2. The van der Waals surface area contributed by atoms with Crippen molar-refractivity contribution in [2.45, 2.75) is 225 Å². The third kappa shape index (κ3) is 52.7. The average Bonchev–Trinajstić information content (AvgIpc) is 3.32. The topological polar surface area (TPSA) is 72.8 Å². The molecule has 0 radical (unpaired) electrons. The average molecular weight is 911 g/mol. The van der Waals surface area contributed by atoms with Crippen LogP contribution in [0.25, 0.3) is 0 Å². The molecular weight excluding hydrogens is 813 g/mol. The van der Waals surface area contributed by atoms with E-state index in [9.17, 15) is 14.7 Å². The van der Waals surface area contributed by atoms with Crippen molar-refractivity contribution in [2.75, 3.05) is 13.2 Å². The van der Waals surface area contributed by atoms with Crippen LogP contribution >= 0.6 is 0 Å². The normalized spacial score (nSPS) is 13.3. The number of hydrogen-bond acceptors (Lipinski definition) is 5. The number of esters is 2. The van der Waals surface area contributed by atoms with Gasteiger partial charge in [0, 0.05) is 12.8 Å². The molecule has 5 heteroatoms. The Labute approximate surface area is 406 Å². The Morgan fingerprint density at radius 3 is 0.909 bits per heavy atom. The van der Waals surface area contributed by atoms with Gasteiger partial charge in [-0.2, -0.15) is 0 Å². The summed E-state index contributed by atoms with van der Waals surface area (Å²) >= 11 is 0. The van der Waals surface area contributed by atoms with Crippen LogP contribution in [0.4, 0.5) is 0 Å². The maximum Gasteiger partial charge on any atom is 0.306 e. The number of allylic oxidation sites excluding steroid dienone is 22. The van der Waals surface area contributed by atoms with E-state index in [4.69, 9.17) is 9.47 Å². The van der Waals surface area contributed by atoms with E-state index in [-0.39, 0.29) is 25.2 Å². The molecule has 0 spiro atoms. The first-order valence-corrected chi connectivity index (χ1v) is 26.7. The van der Waals surface area contributed by atoms with Crippen molar-refractivity contribution in [1.82, 2.24) is 0 Å². The lowest BCUT2D eigenvalue weighted by Gasteiger charge is -2.15. The summed E-state index contributed by atoms with van der Waals surface area (Å²) in [6.45, 7) is 3.90. The molecule has 0 aromatic heterocycles. The molecule has 0 aliphatic heterocycles. The van der Waals surface area contributed by atoms with E-state index in [0.717, 1.165) is 116 Å². The SMILES string of the molecule is CC/C=C\C/C=C\C/C=C\C/C=C\C/C=C\C/C=C\C/C=C\CCCCCCCCCC(=O)OC(CO)COC(=O)CCCCCCCCCCCC/C=C\C/C=C\C/C=C\C/C=C\CC. The number of hydrogen-bond donors (Lipinski definition) is 1. The quantitative estimate of drug-likeness (QED) is 0.0374. The molecular formula is C61H98O5. The van der Waals surface area contributed by atoms with Gasteiger partial charge in [-0.25, -0.2) is 0 Å². The summed E-state index contributed by atoms with van der Waals surface area (Å²) in [6, 6.07) is 0. The van der Waals surface area contributed by atoms with Gasteiger partial charge in [-0.05, 0) is 109 Å². The van der Waals surface area contributed by atoms with Gasteiger partial charge >= 0.3 is 11.9 Å². The second-order valence-corrected chi connectivity index (χ2v) is 17.2. The summed E-state index contributed by atoms with van der Waals surface area (Å²) in [5.74, 6) is -0.616. The second-order valence-electron chi connectivity index (χ2n) is 17.2. The zero-order valence-electron chi connectivity index (χ0n) is 42.4. The van der Waals surface area contributed by atoms with Gasteiger partial charge in [0.15, 0.2) is 6.10 Å². The van der Waals surface area contributed by atoms with Gasteiger partial charge in [0.1, 0.15) is 6.61 Å². The van der Waals surface area contributed by atoms with Crippen molar-refractivity contribution in [2.24, 2.45) is 0 Å². The number of rotatable bonds is 47. The van der Waals surface area contributed by atoms with Crippen molar-refractivity contribution in [3.05, 3.63) is 134 Å². The Kier molecular flexibility index (Phi) is 52.0. The molecule has 0 aromatic rings. The molecule has 5 nitrogen and oxygen atoms in total. The Morgan fingerprint density at radius 2 is 0.606 bits per heavy atom. The van der Waals surface area contributed by atoms with Crippen molar-refractivity contribution in [3.63, 3.8) is 0 Å². The number of aliphatic hydroxyl groups is 1. The van der Waals surface area contributed by atoms with Gasteiger partial charge in [-0.15, -0.1) is 0 Å². The lowest BCUT2D eigenvalue weighted by molar-refractivity contribution is -0.161. The van der Waals surface area contributed by atoms with Crippen LogP contribution in [0.5, 0.6) is 0 Å². The van der Waals surface area contributed by atoms with Crippen molar-refractivity contribution in [1.29, 1.82) is 0 Å². The third-order valence-corrected chi connectivity index (χ3v) is 10.9. The molecule has 66 heavy (non-hydrogen) atoms. The number of carbonyl (C=O) groups excluding carboxylic acids is 2.